The van der Waals surface area contributed by atoms with Crippen LogP contribution in [0.25, 0.3) is 0 Å². The van der Waals surface area contributed by atoms with Gasteiger partial charge in [-0.05, 0) is 51.7 Å². The zero-order chi connectivity index (χ0) is 14.5. The number of hydrogen-bond acceptors (Lipinski definition) is 3. The molecule has 2 aliphatic rings. The van der Waals surface area contributed by atoms with E-state index in [1.54, 1.807) is 4.90 Å². The third-order valence-electron chi connectivity index (χ3n) is 4.44. The minimum Gasteiger partial charge on any atom is -0.481 e. The lowest BCUT2D eigenvalue weighted by atomic mass is 9.97. The van der Waals surface area contributed by atoms with Gasteiger partial charge >= 0.3 is 12.0 Å². The Morgan fingerprint density at radius 1 is 1.20 bits per heavy atom. The molecule has 0 aromatic heterocycles. The summed E-state index contributed by atoms with van der Waals surface area (Å²) in [6, 6.07) is -0.102. The number of carbonyl (C=O) groups is 2. The van der Waals surface area contributed by atoms with E-state index in [4.69, 9.17) is 5.11 Å². The van der Waals surface area contributed by atoms with Gasteiger partial charge < -0.3 is 20.2 Å². The summed E-state index contributed by atoms with van der Waals surface area (Å²) in [5.74, 6) is -0.647. The molecule has 0 bridgehead atoms. The first-order valence-corrected chi connectivity index (χ1v) is 7.50. The molecule has 0 spiro atoms. The predicted molar refractivity (Wildman–Crippen MR) is 75.6 cm³/mol. The van der Waals surface area contributed by atoms with E-state index in [0.717, 1.165) is 32.4 Å². The molecule has 0 aromatic rings. The second-order valence-corrected chi connectivity index (χ2v) is 6.06. The first-order valence-electron chi connectivity index (χ1n) is 7.50. The third-order valence-corrected chi connectivity index (χ3v) is 4.44. The van der Waals surface area contributed by atoms with Crippen LogP contribution < -0.4 is 5.32 Å². The Balaban J connectivity index is 1.73. The zero-order valence-electron chi connectivity index (χ0n) is 12.2. The first-order chi connectivity index (χ1) is 9.56. The Morgan fingerprint density at radius 2 is 1.90 bits per heavy atom. The van der Waals surface area contributed by atoms with Crippen LogP contribution in [0.3, 0.4) is 0 Å². The first kappa shape index (κ1) is 15.1. The van der Waals surface area contributed by atoms with Crippen LogP contribution in [0.15, 0.2) is 0 Å². The van der Waals surface area contributed by atoms with Crippen LogP contribution in [0.4, 0.5) is 4.79 Å². The summed E-state index contributed by atoms with van der Waals surface area (Å²) in [4.78, 5) is 27.0. The molecule has 2 N–H and O–H groups in total. The Labute approximate surface area is 120 Å². The number of piperidine rings is 2. The molecule has 2 heterocycles. The van der Waals surface area contributed by atoms with Crippen molar-refractivity contribution in [2.45, 2.75) is 25.7 Å². The van der Waals surface area contributed by atoms with Crippen molar-refractivity contribution in [1.82, 2.24) is 15.1 Å². The fraction of sp³-hybridized carbons (Fsp3) is 0.857. The molecule has 2 fully saturated rings. The van der Waals surface area contributed by atoms with Crippen LogP contribution in [0.2, 0.25) is 0 Å². The molecule has 0 aromatic carbocycles. The molecule has 2 aliphatic heterocycles. The van der Waals surface area contributed by atoms with Gasteiger partial charge in [0, 0.05) is 19.6 Å². The summed E-state index contributed by atoms with van der Waals surface area (Å²) in [6.45, 7) is 3.90. The number of nitrogens with one attached hydrogen (secondary N) is 1. The maximum atomic E-state index is 12.1. The van der Waals surface area contributed by atoms with Gasteiger partial charge in [-0.2, -0.15) is 0 Å². The lowest BCUT2D eigenvalue weighted by Crippen LogP contribution is -2.48. The number of amides is 2. The molecule has 6 heteroatoms. The van der Waals surface area contributed by atoms with Gasteiger partial charge in [0.15, 0.2) is 0 Å². The highest BCUT2D eigenvalue weighted by atomic mass is 16.4. The number of carboxylic acids is 1. The summed E-state index contributed by atoms with van der Waals surface area (Å²) < 4.78 is 0. The second kappa shape index (κ2) is 6.92. The van der Waals surface area contributed by atoms with Crippen LogP contribution >= 0.6 is 0 Å². The molecular formula is C14H25N3O3. The summed E-state index contributed by atoms with van der Waals surface area (Å²) in [5.41, 5.74) is 0. The van der Waals surface area contributed by atoms with Crippen LogP contribution in [0, 0.1) is 11.8 Å². The molecule has 2 amide bonds. The summed E-state index contributed by atoms with van der Waals surface area (Å²) in [5, 5.41) is 12.0. The number of carbonyl (C=O) groups excluding carboxylic acids is 1. The van der Waals surface area contributed by atoms with Crippen molar-refractivity contribution in [3.63, 3.8) is 0 Å². The van der Waals surface area contributed by atoms with Gasteiger partial charge in [0.2, 0.25) is 0 Å². The summed E-state index contributed by atoms with van der Waals surface area (Å²) >= 11 is 0. The Bertz CT molecular complexity index is 354. The highest BCUT2D eigenvalue weighted by molar-refractivity contribution is 5.76. The van der Waals surface area contributed by atoms with Crippen molar-refractivity contribution in [1.29, 1.82) is 0 Å². The topological polar surface area (TPSA) is 72.9 Å². The number of rotatable bonds is 3. The van der Waals surface area contributed by atoms with Crippen molar-refractivity contribution in [3.05, 3.63) is 0 Å². The molecule has 20 heavy (non-hydrogen) atoms. The minimum atomic E-state index is -0.794. The van der Waals surface area contributed by atoms with E-state index in [1.807, 2.05) is 0 Å². The zero-order valence-corrected chi connectivity index (χ0v) is 12.2. The maximum absolute atomic E-state index is 12.1. The Hall–Kier alpha value is -1.30. The lowest BCUT2D eigenvalue weighted by molar-refractivity contribution is -0.143. The van der Waals surface area contributed by atoms with Gasteiger partial charge in [0.25, 0.3) is 0 Å². The van der Waals surface area contributed by atoms with Gasteiger partial charge in [-0.1, -0.05) is 0 Å². The van der Waals surface area contributed by atoms with Crippen molar-refractivity contribution in [2.24, 2.45) is 11.8 Å². The quantitative estimate of drug-likeness (QED) is 0.805. The van der Waals surface area contributed by atoms with Crippen molar-refractivity contribution >= 4 is 12.0 Å². The highest BCUT2D eigenvalue weighted by Crippen LogP contribution is 2.17. The SMILES string of the molecule is CN1CCC(CNC(=O)N2CCC[C@H](C(=O)O)C2)CC1. The van der Waals surface area contributed by atoms with E-state index in [2.05, 4.69) is 17.3 Å². The van der Waals surface area contributed by atoms with Gasteiger partial charge in [0.1, 0.15) is 0 Å². The van der Waals surface area contributed by atoms with E-state index in [0.29, 0.717) is 32.0 Å². The standard InChI is InChI=1S/C14H25N3O3/c1-16-7-4-11(5-8-16)9-15-14(20)17-6-2-3-12(10-17)13(18)19/h11-12H,2-10H2,1H3,(H,15,20)(H,18,19)/t12-/m0/s1. The average Bonchev–Trinajstić information content (AvgIpc) is 2.46. The molecule has 0 unspecified atom stereocenters. The molecule has 1 atom stereocenters. The fourth-order valence-corrected chi connectivity index (χ4v) is 2.97. The van der Waals surface area contributed by atoms with Crippen molar-refractivity contribution in [3.8, 4) is 0 Å². The molecule has 114 valence electrons. The second-order valence-electron chi connectivity index (χ2n) is 6.06. The third kappa shape index (κ3) is 4.10. The number of likely N-dealkylation sites (tertiary alicyclic amines) is 2. The average molecular weight is 283 g/mol. The monoisotopic (exact) mass is 283 g/mol. The number of hydrogen-bond donors (Lipinski definition) is 2. The maximum Gasteiger partial charge on any atom is 0.317 e. The lowest BCUT2D eigenvalue weighted by Gasteiger charge is -2.32. The van der Waals surface area contributed by atoms with E-state index in [-0.39, 0.29) is 6.03 Å². The summed E-state index contributed by atoms with van der Waals surface area (Å²) in [7, 11) is 2.12. The molecule has 0 radical (unpaired) electrons. The van der Waals surface area contributed by atoms with Crippen LogP contribution in [-0.2, 0) is 4.79 Å². The minimum absolute atomic E-state index is 0.102. The molecule has 2 saturated heterocycles. The summed E-state index contributed by atoms with van der Waals surface area (Å²) in [6.07, 6.45) is 3.69. The van der Waals surface area contributed by atoms with E-state index >= 15 is 0 Å². The van der Waals surface area contributed by atoms with E-state index in [1.165, 1.54) is 0 Å². The van der Waals surface area contributed by atoms with Gasteiger partial charge in [0.05, 0.1) is 5.92 Å². The number of nitrogens with zero attached hydrogens (tertiary/aromatic N) is 2. The Morgan fingerprint density at radius 3 is 2.55 bits per heavy atom. The highest BCUT2D eigenvalue weighted by Gasteiger charge is 2.28. The Kier molecular flexibility index (Phi) is 5.23. The van der Waals surface area contributed by atoms with E-state index in [9.17, 15) is 9.59 Å². The van der Waals surface area contributed by atoms with Crippen LogP contribution in [-0.4, -0.2) is 66.7 Å². The van der Waals surface area contributed by atoms with Crippen molar-refractivity contribution < 1.29 is 14.7 Å². The smallest absolute Gasteiger partial charge is 0.317 e. The molecule has 0 aliphatic carbocycles. The molecular weight excluding hydrogens is 258 g/mol. The normalized spacial score (nSPS) is 25.4. The molecule has 2 rings (SSSR count). The molecule has 0 saturated carbocycles. The van der Waals surface area contributed by atoms with E-state index < -0.39 is 11.9 Å². The van der Waals surface area contributed by atoms with Gasteiger partial charge in [-0.25, -0.2) is 4.79 Å². The number of carboxylic acid groups (broad SMARTS) is 1. The van der Waals surface area contributed by atoms with Gasteiger partial charge in [-0.15, -0.1) is 0 Å². The van der Waals surface area contributed by atoms with Crippen molar-refractivity contribution in [2.75, 3.05) is 39.8 Å². The number of aliphatic carboxylic acids is 1. The van der Waals surface area contributed by atoms with Crippen LogP contribution in [0.1, 0.15) is 25.7 Å². The number of urea groups is 1. The predicted octanol–water partition coefficient (Wildman–Crippen LogP) is 0.834. The largest absolute Gasteiger partial charge is 0.481 e. The van der Waals surface area contributed by atoms with Gasteiger partial charge in [-0.3, -0.25) is 4.79 Å². The molecule has 6 nitrogen and oxygen atoms in total. The van der Waals surface area contributed by atoms with Crippen LogP contribution in [0.5, 0.6) is 0 Å². The fourth-order valence-electron chi connectivity index (χ4n) is 2.97.